The average molecular weight is 409 g/mol. The number of methoxy groups -OCH3 is 1. The van der Waals surface area contributed by atoms with Crippen LogP contribution in [0.4, 0.5) is 5.69 Å². The van der Waals surface area contributed by atoms with Gasteiger partial charge in [0.05, 0.1) is 22.6 Å². The number of esters is 1. The van der Waals surface area contributed by atoms with E-state index in [9.17, 15) is 13.2 Å². The summed E-state index contributed by atoms with van der Waals surface area (Å²) in [6.45, 7) is 2.27. The van der Waals surface area contributed by atoms with E-state index in [0.717, 1.165) is 24.3 Å². The van der Waals surface area contributed by atoms with E-state index in [1.54, 1.807) is 0 Å². The van der Waals surface area contributed by atoms with E-state index in [0.29, 0.717) is 0 Å². The minimum absolute atomic E-state index is 0.0111. The van der Waals surface area contributed by atoms with Crippen LogP contribution in [0.3, 0.4) is 0 Å². The SMILES string of the molecule is COC(=O)c1cc(S(=O)(=O)NCc2ccc(N3CCCC3)cc2)ccc1Cl. The van der Waals surface area contributed by atoms with Gasteiger partial charge in [0, 0.05) is 25.3 Å². The molecule has 1 aliphatic rings. The Hall–Kier alpha value is -2.09. The van der Waals surface area contributed by atoms with Gasteiger partial charge in [-0.1, -0.05) is 23.7 Å². The molecule has 0 bridgehead atoms. The van der Waals surface area contributed by atoms with Gasteiger partial charge in [-0.2, -0.15) is 0 Å². The minimum atomic E-state index is -3.79. The molecule has 0 unspecified atom stereocenters. The molecular formula is C19H21ClN2O4S. The highest BCUT2D eigenvalue weighted by molar-refractivity contribution is 7.89. The molecule has 1 heterocycles. The zero-order valence-electron chi connectivity index (χ0n) is 14.9. The zero-order valence-corrected chi connectivity index (χ0v) is 16.5. The van der Waals surface area contributed by atoms with Gasteiger partial charge >= 0.3 is 5.97 Å². The van der Waals surface area contributed by atoms with Gasteiger partial charge in [0.2, 0.25) is 10.0 Å². The van der Waals surface area contributed by atoms with Crippen LogP contribution >= 0.6 is 11.6 Å². The van der Waals surface area contributed by atoms with Crippen molar-refractivity contribution in [1.29, 1.82) is 0 Å². The van der Waals surface area contributed by atoms with Gasteiger partial charge in [0.15, 0.2) is 0 Å². The predicted molar refractivity (Wildman–Crippen MR) is 105 cm³/mol. The number of benzene rings is 2. The molecular weight excluding hydrogens is 388 g/mol. The Bertz CT molecular complexity index is 923. The number of anilines is 1. The predicted octanol–water partition coefficient (Wildman–Crippen LogP) is 3.21. The van der Waals surface area contributed by atoms with E-state index in [4.69, 9.17) is 11.6 Å². The fraction of sp³-hybridized carbons (Fsp3) is 0.316. The first-order chi connectivity index (χ1) is 12.9. The Morgan fingerprint density at radius 3 is 2.44 bits per heavy atom. The van der Waals surface area contributed by atoms with Crippen molar-refractivity contribution in [3.63, 3.8) is 0 Å². The third-order valence-corrected chi connectivity index (χ3v) is 6.26. The lowest BCUT2D eigenvalue weighted by Crippen LogP contribution is -2.23. The lowest BCUT2D eigenvalue weighted by atomic mass is 10.2. The first-order valence-corrected chi connectivity index (χ1v) is 10.5. The van der Waals surface area contributed by atoms with Crippen LogP contribution in [-0.2, 0) is 21.3 Å². The van der Waals surface area contributed by atoms with Crippen molar-refractivity contribution < 1.29 is 17.9 Å². The number of carbonyl (C=O) groups excluding carboxylic acids is 1. The summed E-state index contributed by atoms with van der Waals surface area (Å²) in [7, 11) is -2.58. The number of nitrogens with one attached hydrogen (secondary N) is 1. The molecule has 0 amide bonds. The summed E-state index contributed by atoms with van der Waals surface area (Å²) in [4.78, 5) is 14.0. The van der Waals surface area contributed by atoms with Gasteiger partial charge < -0.3 is 9.64 Å². The normalized spacial score (nSPS) is 14.4. The molecule has 0 atom stereocenters. The fourth-order valence-electron chi connectivity index (χ4n) is 3.00. The molecule has 3 rings (SSSR count). The van der Waals surface area contributed by atoms with Crippen molar-refractivity contribution in [2.75, 3.05) is 25.1 Å². The number of hydrogen-bond acceptors (Lipinski definition) is 5. The molecule has 1 fully saturated rings. The number of rotatable bonds is 6. The fourth-order valence-corrected chi connectivity index (χ4v) is 4.24. The number of carbonyl (C=O) groups is 1. The van der Waals surface area contributed by atoms with Crippen LogP contribution in [0, 0.1) is 0 Å². The number of ether oxygens (including phenoxy) is 1. The van der Waals surface area contributed by atoms with Crippen LogP contribution in [0.5, 0.6) is 0 Å². The Kier molecular flexibility index (Phi) is 6.04. The van der Waals surface area contributed by atoms with Crippen molar-refractivity contribution >= 4 is 33.3 Å². The summed E-state index contributed by atoms with van der Waals surface area (Å²) < 4.78 is 32.3. The lowest BCUT2D eigenvalue weighted by molar-refractivity contribution is 0.0600. The van der Waals surface area contributed by atoms with E-state index in [2.05, 4.69) is 14.4 Å². The number of hydrogen-bond donors (Lipinski definition) is 1. The molecule has 6 nitrogen and oxygen atoms in total. The van der Waals surface area contributed by atoms with Gasteiger partial charge in [-0.05, 0) is 48.7 Å². The third kappa shape index (κ3) is 4.61. The molecule has 1 N–H and O–H groups in total. The maximum atomic E-state index is 12.5. The van der Waals surface area contributed by atoms with Crippen LogP contribution in [0.25, 0.3) is 0 Å². The van der Waals surface area contributed by atoms with Gasteiger partial charge in [0.25, 0.3) is 0 Å². The van der Waals surface area contributed by atoms with Gasteiger partial charge in [-0.15, -0.1) is 0 Å². The van der Waals surface area contributed by atoms with Crippen LogP contribution in [0.1, 0.15) is 28.8 Å². The summed E-state index contributed by atoms with van der Waals surface area (Å²) in [5.74, 6) is -0.686. The van der Waals surface area contributed by atoms with Crippen LogP contribution < -0.4 is 9.62 Å². The Labute approximate surface area is 164 Å². The summed E-state index contributed by atoms with van der Waals surface area (Å²) in [6.07, 6.45) is 2.41. The first-order valence-electron chi connectivity index (χ1n) is 8.62. The molecule has 0 saturated carbocycles. The highest BCUT2D eigenvalue weighted by Crippen LogP contribution is 2.22. The van der Waals surface area contributed by atoms with Crippen molar-refractivity contribution in [1.82, 2.24) is 4.72 Å². The number of halogens is 1. The average Bonchev–Trinajstić information content (AvgIpc) is 3.21. The quantitative estimate of drug-likeness (QED) is 0.743. The van der Waals surface area contributed by atoms with E-state index >= 15 is 0 Å². The van der Waals surface area contributed by atoms with Crippen molar-refractivity contribution in [3.05, 3.63) is 58.6 Å². The molecule has 0 aromatic heterocycles. The summed E-state index contributed by atoms with van der Waals surface area (Å²) in [6, 6.07) is 11.8. The smallest absolute Gasteiger partial charge is 0.339 e. The molecule has 2 aromatic carbocycles. The van der Waals surface area contributed by atoms with E-state index < -0.39 is 16.0 Å². The minimum Gasteiger partial charge on any atom is -0.465 e. The maximum Gasteiger partial charge on any atom is 0.339 e. The highest BCUT2D eigenvalue weighted by Gasteiger charge is 2.19. The summed E-state index contributed by atoms with van der Waals surface area (Å²) in [5.41, 5.74) is 2.01. The second kappa shape index (κ2) is 8.29. The molecule has 2 aromatic rings. The van der Waals surface area contributed by atoms with E-state index in [-0.39, 0.29) is 22.0 Å². The molecule has 144 valence electrons. The van der Waals surface area contributed by atoms with Gasteiger partial charge in [-0.25, -0.2) is 17.9 Å². The molecule has 8 heteroatoms. The molecule has 1 aliphatic heterocycles. The monoisotopic (exact) mass is 408 g/mol. The molecule has 0 aliphatic carbocycles. The molecule has 27 heavy (non-hydrogen) atoms. The maximum absolute atomic E-state index is 12.5. The van der Waals surface area contributed by atoms with Crippen LogP contribution in [0.15, 0.2) is 47.4 Å². The van der Waals surface area contributed by atoms with Gasteiger partial charge in [-0.3, -0.25) is 0 Å². The molecule has 0 spiro atoms. The highest BCUT2D eigenvalue weighted by atomic mass is 35.5. The van der Waals surface area contributed by atoms with Crippen molar-refractivity contribution in [3.8, 4) is 0 Å². The van der Waals surface area contributed by atoms with E-state index in [1.807, 2.05) is 24.3 Å². The second-order valence-electron chi connectivity index (χ2n) is 6.32. The Morgan fingerprint density at radius 1 is 1.15 bits per heavy atom. The second-order valence-corrected chi connectivity index (χ2v) is 8.49. The molecule has 0 radical (unpaired) electrons. The largest absolute Gasteiger partial charge is 0.465 e. The Morgan fingerprint density at radius 2 is 1.81 bits per heavy atom. The van der Waals surface area contributed by atoms with Crippen molar-refractivity contribution in [2.24, 2.45) is 0 Å². The third-order valence-electron chi connectivity index (χ3n) is 4.53. The summed E-state index contributed by atoms with van der Waals surface area (Å²) in [5, 5.41) is 0.137. The number of nitrogens with zero attached hydrogens (tertiary/aromatic N) is 1. The van der Waals surface area contributed by atoms with Gasteiger partial charge in [0.1, 0.15) is 0 Å². The van der Waals surface area contributed by atoms with Crippen LogP contribution in [0.2, 0.25) is 5.02 Å². The zero-order chi connectivity index (χ0) is 19.4. The topological polar surface area (TPSA) is 75.7 Å². The lowest BCUT2D eigenvalue weighted by Gasteiger charge is -2.17. The summed E-state index contributed by atoms with van der Waals surface area (Å²) >= 11 is 5.94. The molecule has 1 saturated heterocycles. The van der Waals surface area contributed by atoms with Crippen molar-refractivity contribution in [2.45, 2.75) is 24.3 Å². The Balaban J connectivity index is 1.70. The standard InChI is InChI=1S/C19H21ClN2O4S/c1-26-19(23)17-12-16(8-9-18(17)20)27(24,25)21-13-14-4-6-15(7-5-14)22-10-2-3-11-22/h4-9,12,21H,2-3,10-11,13H2,1H3. The first kappa shape index (κ1) is 19.7. The van der Waals surface area contributed by atoms with Crippen LogP contribution in [-0.4, -0.2) is 34.6 Å². The van der Waals surface area contributed by atoms with E-state index in [1.165, 1.54) is 38.2 Å². The number of sulfonamides is 1.